The number of rotatable bonds is 2. The highest BCUT2D eigenvalue weighted by atomic mass is 16.5. The monoisotopic (exact) mass is 350 g/mol. The van der Waals surface area contributed by atoms with Crippen LogP contribution in [0.3, 0.4) is 0 Å². The van der Waals surface area contributed by atoms with Crippen molar-refractivity contribution in [3.05, 3.63) is 76.8 Å². The fourth-order valence-corrected chi connectivity index (χ4v) is 3.12. The maximum absolute atomic E-state index is 11.2. The second kappa shape index (κ2) is 5.70. The molecule has 0 spiro atoms. The quantitative estimate of drug-likeness (QED) is 0.490. The van der Waals surface area contributed by atoms with Crippen molar-refractivity contribution in [3.8, 4) is 23.0 Å². The number of phenolic OH excluding ortho intramolecular Hbond substituents is 3. The average Bonchev–Trinajstić information content (AvgIpc) is 2.62. The van der Waals surface area contributed by atoms with Gasteiger partial charge in [-0.15, -0.1) is 0 Å². The van der Waals surface area contributed by atoms with Crippen molar-refractivity contribution in [2.75, 3.05) is 0 Å². The predicted octanol–water partition coefficient (Wildman–Crippen LogP) is 3.15. The lowest BCUT2D eigenvalue weighted by atomic mass is 9.85. The molecule has 130 valence electrons. The Kier molecular flexibility index (Phi) is 3.47. The summed E-state index contributed by atoms with van der Waals surface area (Å²) in [4.78, 5) is 11.2. The van der Waals surface area contributed by atoms with Crippen LogP contribution in [0.1, 0.15) is 11.1 Å². The van der Waals surface area contributed by atoms with Gasteiger partial charge in [-0.25, -0.2) is 0 Å². The van der Waals surface area contributed by atoms with Crippen LogP contribution in [0.4, 0.5) is 0 Å². The molecule has 2 aromatic rings. The number of hydrogen-bond acceptors (Lipinski definition) is 6. The summed E-state index contributed by atoms with van der Waals surface area (Å²) in [5, 5.41) is 40.2. The zero-order chi connectivity index (χ0) is 18.4. The van der Waals surface area contributed by atoms with Gasteiger partial charge in [0.05, 0.1) is 5.92 Å². The first-order valence-corrected chi connectivity index (χ1v) is 7.84. The van der Waals surface area contributed by atoms with Gasteiger partial charge in [0, 0.05) is 28.3 Å². The number of aldehydes is 1. The van der Waals surface area contributed by atoms with E-state index in [1.54, 1.807) is 18.2 Å². The zero-order valence-electron chi connectivity index (χ0n) is 13.4. The maximum atomic E-state index is 11.2. The summed E-state index contributed by atoms with van der Waals surface area (Å²) >= 11 is 0. The molecular weight excluding hydrogens is 336 g/mol. The molecule has 0 fully saturated rings. The van der Waals surface area contributed by atoms with E-state index in [2.05, 4.69) is 0 Å². The number of allylic oxidation sites excluding steroid dienone is 2. The van der Waals surface area contributed by atoms with Crippen molar-refractivity contribution in [2.24, 2.45) is 5.92 Å². The zero-order valence-corrected chi connectivity index (χ0v) is 13.4. The molecule has 1 heterocycles. The largest absolute Gasteiger partial charge is 0.511 e. The number of carbonyl (C=O) groups is 1. The minimum atomic E-state index is -0.841. The maximum Gasteiger partial charge on any atom is 0.161 e. The minimum absolute atomic E-state index is 0.000153. The Morgan fingerprint density at radius 1 is 0.923 bits per heavy atom. The molecule has 1 aliphatic heterocycles. The molecule has 6 nitrogen and oxygen atoms in total. The number of benzene rings is 2. The third-order valence-corrected chi connectivity index (χ3v) is 4.39. The molecule has 6 heteroatoms. The summed E-state index contributed by atoms with van der Waals surface area (Å²) < 4.78 is 5.78. The summed E-state index contributed by atoms with van der Waals surface area (Å²) in [7, 11) is 0. The van der Waals surface area contributed by atoms with Crippen molar-refractivity contribution in [1.29, 1.82) is 0 Å². The van der Waals surface area contributed by atoms with E-state index in [-0.39, 0.29) is 28.8 Å². The fourth-order valence-electron chi connectivity index (χ4n) is 3.12. The van der Waals surface area contributed by atoms with E-state index in [4.69, 9.17) is 4.74 Å². The van der Waals surface area contributed by atoms with Crippen LogP contribution in [0, 0.1) is 5.92 Å². The first-order valence-electron chi connectivity index (χ1n) is 7.84. The van der Waals surface area contributed by atoms with Gasteiger partial charge in [-0.2, -0.15) is 0 Å². The Morgan fingerprint density at radius 3 is 2.38 bits per heavy atom. The van der Waals surface area contributed by atoms with E-state index >= 15 is 0 Å². The van der Waals surface area contributed by atoms with Crippen LogP contribution in [0.15, 0.2) is 65.6 Å². The van der Waals surface area contributed by atoms with Crippen LogP contribution in [0.2, 0.25) is 0 Å². The highest BCUT2D eigenvalue weighted by Gasteiger charge is 2.31. The second-order valence-electron chi connectivity index (χ2n) is 6.01. The number of hydrogen-bond donors (Lipinski definition) is 4. The summed E-state index contributed by atoms with van der Waals surface area (Å²) in [5.74, 6) is -1.12. The number of aromatic hydroxyl groups is 3. The molecular formula is C20H14O6. The number of aliphatic hydroxyl groups is 1. The molecule has 0 amide bonds. The molecule has 1 aliphatic carbocycles. The topological polar surface area (TPSA) is 107 Å². The third-order valence-electron chi connectivity index (χ3n) is 4.39. The average molecular weight is 350 g/mol. The lowest BCUT2D eigenvalue weighted by Gasteiger charge is -2.28. The fraction of sp³-hybridized carbons (Fsp3) is 0.0500. The van der Waals surface area contributed by atoms with Gasteiger partial charge in [0.1, 0.15) is 29.3 Å². The standard InChI is InChI=1S/C20H14O6/c21-9-10-5-18-12(6-15(10)23)20(11-3-1-2-4-14(11)22)13-7-16(24)17(25)8-19(13)26-18/h1-10,22-25H. The lowest BCUT2D eigenvalue weighted by Crippen LogP contribution is -2.17. The molecule has 0 bridgehead atoms. The van der Waals surface area contributed by atoms with E-state index in [0.717, 1.165) is 0 Å². The van der Waals surface area contributed by atoms with E-state index in [1.165, 1.54) is 30.4 Å². The number of fused-ring (bicyclic) bond motifs is 2. The Labute approximate surface area is 148 Å². The SMILES string of the molecule is O=CC1C=C2Oc3cc(O)c(O)cc3C(c3ccccc3O)=C2C=C1O. The number of aliphatic hydroxyl groups excluding tert-OH is 1. The summed E-state index contributed by atoms with van der Waals surface area (Å²) in [5.41, 5.74) is 1.85. The molecule has 1 atom stereocenters. The molecule has 26 heavy (non-hydrogen) atoms. The molecule has 0 saturated carbocycles. The van der Waals surface area contributed by atoms with Gasteiger partial charge in [0.25, 0.3) is 0 Å². The number of phenols is 3. The van der Waals surface area contributed by atoms with Crippen LogP contribution in [-0.2, 0) is 4.79 Å². The Hall–Kier alpha value is -3.67. The van der Waals surface area contributed by atoms with Crippen LogP contribution >= 0.6 is 0 Å². The van der Waals surface area contributed by atoms with Gasteiger partial charge in [-0.05, 0) is 24.3 Å². The van der Waals surface area contributed by atoms with E-state index in [9.17, 15) is 25.2 Å². The Balaban J connectivity index is 2.07. The van der Waals surface area contributed by atoms with Crippen molar-refractivity contribution in [3.63, 3.8) is 0 Å². The number of ether oxygens (including phenoxy) is 1. The van der Waals surface area contributed by atoms with Gasteiger partial charge in [-0.1, -0.05) is 18.2 Å². The summed E-state index contributed by atoms with van der Waals surface area (Å²) in [6.45, 7) is 0. The number of carbonyl (C=O) groups excluding carboxylic acids is 1. The molecule has 0 saturated heterocycles. The van der Waals surface area contributed by atoms with E-state index < -0.39 is 5.92 Å². The van der Waals surface area contributed by atoms with Gasteiger partial charge >= 0.3 is 0 Å². The van der Waals surface area contributed by atoms with Gasteiger partial charge in [0.15, 0.2) is 11.5 Å². The van der Waals surface area contributed by atoms with Crippen molar-refractivity contribution in [1.82, 2.24) is 0 Å². The van der Waals surface area contributed by atoms with Crippen molar-refractivity contribution >= 4 is 11.9 Å². The second-order valence-corrected chi connectivity index (χ2v) is 6.01. The first kappa shape index (κ1) is 15.8. The highest BCUT2D eigenvalue weighted by Crippen LogP contribution is 2.48. The van der Waals surface area contributed by atoms with Crippen molar-refractivity contribution < 1.29 is 30.0 Å². The molecule has 0 radical (unpaired) electrons. The Morgan fingerprint density at radius 2 is 1.65 bits per heavy atom. The lowest BCUT2D eigenvalue weighted by molar-refractivity contribution is -0.109. The molecule has 2 aromatic carbocycles. The highest BCUT2D eigenvalue weighted by molar-refractivity contribution is 5.93. The Bertz CT molecular complexity index is 1030. The molecule has 4 rings (SSSR count). The van der Waals surface area contributed by atoms with Crippen LogP contribution in [0.25, 0.3) is 5.57 Å². The van der Waals surface area contributed by atoms with Crippen LogP contribution < -0.4 is 4.74 Å². The van der Waals surface area contributed by atoms with Crippen LogP contribution in [-0.4, -0.2) is 26.7 Å². The smallest absolute Gasteiger partial charge is 0.161 e. The summed E-state index contributed by atoms with van der Waals surface area (Å²) in [6.07, 6.45) is 3.45. The molecule has 2 aliphatic rings. The van der Waals surface area contributed by atoms with Gasteiger partial charge in [0.2, 0.25) is 0 Å². The predicted molar refractivity (Wildman–Crippen MR) is 92.9 cm³/mol. The number of para-hydroxylation sites is 1. The molecule has 1 unspecified atom stereocenters. The van der Waals surface area contributed by atoms with E-state index in [1.807, 2.05) is 0 Å². The third kappa shape index (κ3) is 2.31. The van der Waals surface area contributed by atoms with Crippen molar-refractivity contribution in [2.45, 2.75) is 0 Å². The van der Waals surface area contributed by atoms with Crippen LogP contribution in [0.5, 0.6) is 23.0 Å². The molecule has 0 aromatic heterocycles. The summed E-state index contributed by atoms with van der Waals surface area (Å²) in [6, 6.07) is 9.20. The molecule has 4 N–H and O–H groups in total. The van der Waals surface area contributed by atoms with Gasteiger partial charge in [-0.3, -0.25) is 0 Å². The van der Waals surface area contributed by atoms with Gasteiger partial charge < -0.3 is 30.0 Å². The van der Waals surface area contributed by atoms with E-state index in [0.29, 0.717) is 34.3 Å². The first-order chi connectivity index (χ1) is 12.5. The normalized spacial score (nSPS) is 18.2. The minimum Gasteiger partial charge on any atom is -0.511 e.